The van der Waals surface area contributed by atoms with Crippen LogP contribution < -0.4 is 10.5 Å². The predicted molar refractivity (Wildman–Crippen MR) is 138 cm³/mol. The van der Waals surface area contributed by atoms with Gasteiger partial charge in [-0.05, 0) is 53.2 Å². The number of aryl methyl sites for hydroxylation is 1. The fourth-order valence-corrected chi connectivity index (χ4v) is 5.33. The number of nitrogens with zero attached hydrogens (tertiary/aromatic N) is 4. The summed E-state index contributed by atoms with van der Waals surface area (Å²) in [7, 11) is 0. The Hall–Kier alpha value is -3.04. The van der Waals surface area contributed by atoms with Crippen LogP contribution in [0.3, 0.4) is 0 Å². The molecule has 0 unspecified atom stereocenters. The molecule has 5 rings (SSSR count). The summed E-state index contributed by atoms with van der Waals surface area (Å²) in [6, 6.07) is 17.3. The first kappa shape index (κ1) is 22.7. The SMILES string of the molecule is Cc1ccc(-c2ccc(N3CCN(C(=O)c4cc5cc(Br)cc(Br)c5oc4=O)CC3)nn2)cc1. The maximum absolute atomic E-state index is 13.1. The van der Waals surface area contributed by atoms with E-state index < -0.39 is 5.63 Å². The zero-order valence-electron chi connectivity index (χ0n) is 18.3. The fraction of sp³-hybridized carbons (Fsp3) is 0.200. The van der Waals surface area contributed by atoms with Crippen molar-refractivity contribution in [3.63, 3.8) is 0 Å². The molecule has 2 aromatic heterocycles. The van der Waals surface area contributed by atoms with Crippen molar-refractivity contribution in [2.45, 2.75) is 6.92 Å². The van der Waals surface area contributed by atoms with E-state index in [9.17, 15) is 9.59 Å². The number of hydrogen-bond donors (Lipinski definition) is 0. The summed E-state index contributed by atoms with van der Waals surface area (Å²) in [6.45, 7) is 4.19. The molecule has 1 saturated heterocycles. The van der Waals surface area contributed by atoms with Crippen LogP contribution in [0.15, 0.2) is 72.8 Å². The Balaban J connectivity index is 1.29. The molecule has 2 aromatic carbocycles. The number of rotatable bonds is 3. The van der Waals surface area contributed by atoms with Crippen LogP contribution in [0.2, 0.25) is 0 Å². The molecule has 0 bridgehead atoms. The maximum Gasteiger partial charge on any atom is 0.349 e. The van der Waals surface area contributed by atoms with Crippen molar-refractivity contribution in [2.75, 3.05) is 31.1 Å². The van der Waals surface area contributed by atoms with Crippen LogP contribution in [0.5, 0.6) is 0 Å². The number of fused-ring (bicyclic) bond motifs is 1. The Morgan fingerprint density at radius 1 is 0.941 bits per heavy atom. The van der Waals surface area contributed by atoms with E-state index in [-0.39, 0.29) is 11.5 Å². The zero-order chi connectivity index (χ0) is 23.8. The molecule has 0 spiro atoms. The summed E-state index contributed by atoms with van der Waals surface area (Å²) >= 11 is 6.82. The molecule has 172 valence electrons. The number of anilines is 1. The normalized spacial score (nSPS) is 14.0. The molecule has 7 nitrogen and oxygen atoms in total. The van der Waals surface area contributed by atoms with Crippen LogP contribution in [0.1, 0.15) is 15.9 Å². The summed E-state index contributed by atoms with van der Waals surface area (Å²) in [6.07, 6.45) is 0. The highest BCUT2D eigenvalue weighted by Crippen LogP contribution is 2.28. The van der Waals surface area contributed by atoms with Gasteiger partial charge in [-0.15, -0.1) is 10.2 Å². The van der Waals surface area contributed by atoms with E-state index in [0.29, 0.717) is 41.6 Å². The van der Waals surface area contributed by atoms with Gasteiger partial charge in [0.2, 0.25) is 0 Å². The molecule has 0 saturated carbocycles. The maximum atomic E-state index is 13.1. The third kappa shape index (κ3) is 4.50. The summed E-state index contributed by atoms with van der Waals surface area (Å²) < 4.78 is 6.91. The minimum absolute atomic E-state index is 0.0354. The molecule has 1 aliphatic heterocycles. The lowest BCUT2D eigenvalue weighted by molar-refractivity contribution is 0.0742. The fourth-order valence-electron chi connectivity index (χ4n) is 3.99. The van der Waals surface area contributed by atoms with Gasteiger partial charge in [0, 0.05) is 41.6 Å². The third-order valence-corrected chi connectivity index (χ3v) is 6.92. The van der Waals surface area contributed by atoms with Gasteiger partial charge in [-0.2, -0.15) is 0 Å². The van der Waals surface area contributed by atoms with Crippen molar-refractivity contribution < 1.29 is 9.21 Å². The second-order valence-corrected chi connectivity index (χ2v) is 9.95. The van der Waals surface area contributed by atoms with Gasteiger partial charge < -0.3 is 14.2 Å². The Morgan fingerprint density at radius 3 is 2.35 bits per heavy atom. The Bertz CT molecular complexity index is 1430. The topological polar surface area (TPSA) is 79.5 Å². The molecule has 1 fully saturated rings. The van der Waals surface area contributed by atoms with E-state index in [1.807, 2.05) is 37.3 Å². The molecule has 0 N–H and O–H groups in total. The summed E-state index contributed by atoms with van der Waals surface area (Å²) in [5.41, 5.74) is 2.85. The number of aromatic nitrogens is 2. The number of benzene rings is 2. The molecule has 1 amide bonds. The minimum atomic E-state index is -0.638. The van der Waals surface area contributed by atoms with Gasteiger partial charge in [0.15, 0.2) is 11.4 Å². The molecule has 0 radical (unpaired) electrons. The Morgan fingerprint density at radius 2 is 1.68 bits per heavy atom. The van der Waals surface area contributed by atoms with E-state index in [4.69, 9.17) is 4.42 Å². The summed E-state index contributed by atoms with van der Waals surface area (Å²) in [4.78, 5) is 29.4. The highest BCUT2D eigenvalue weighted by atomic mass is 79.9. The number of halogens is 2. The van der Waals surface area contributed by atoms with Crippen LogP contribution in [0, 0.1) is 6.92 Å². The summed E-state index contributed by atoms with van der Waals surface area (Å²) in [5, 5.41) is 9.44. The average molecular weight is 584 g/mol. The summed E-state index contributed by atoms with van der Waals surface area (Å²) in [5.74, 6) is 0.440. The molecule has 34 heavy (non-hydrogen) atoms. The molecule has 9 heteroatoms. The van der Waals surface area contributed by atoms with Crippen LogP contribution >= 0.6 is 31.9 Å². The van der Waals surface area contributed by atoms with Crippen LogP contribution in [0.25, 0.3) is 22.2 Å². The number of carbonyl (C=O) groups excluding carboxylic acids is 1. The number of piperazine rings is 1. The first-order chi connectivity index (χ1) is 16.4. The lowest BCUT2D eigenvalue weighted by Crippen LogP contribution is -2.49. The van der Waals surface area contributed by atoms with Crippen molar-refractivity contribution >= 4 is 54.6 Å². The highest BCUT2D eigenvalue weighted by Gasteiger charge is 2.26. The van der Waals surface area contributed by atoms with Gasteiger partial charge >= 0.3 is 5.63 Å². The van der Waals surface area contributed by atoms with Crippen molar-refractivity contribution in [1.82, 2.24) is 15.1 Å². The van der Waals surface area contributed by atoms with E-state index in [1.165, 1.54) is 5.56 Å². The van der Waals surface area contributed by atoms with Gasteiger partial charge in [-0.1, -0.05) is 45.8 Å². The molecule has 1 aliphatic rings. The molecule has 0 aliphatic carbocycles. The van der Waals surface area contributed by atoms with Crippen molar-refractivity contribution in [3.8, 4) is 11.3 Å². The third-order valence-electron chi connectivity index (χ3n) is 5.87. The molecular formula is C25H20Br2N4O3. The van der Waals surface area contributed by atoms with Crippen molar-refractivity contribution in [3.05, 3.63) is 85.1 Å². The van der Waals surface area contributed by atoms with Crippen molar-refractivity contribution in [1.29, 1.82) is 0 Å². The van der Waals surface area contributed by atoms with E-state index in [2.05, 4.69) is 59.1 Å². The lowest BCUT2D eigenvalue weighted by Gasteiger charge is -2.35. The molecule has 4 aromatic rings. The largest absolute Gasteiger partial charge is 0.421 e. The average Bonchev–Trinajstić information content (AvgIpc) is 2.84. The first-order valence-corrected chi connectivity index (χ1v) is 12.4. The van der Waals surface area contributed by atoms with Gasteiger partial charge in [-0.3, -0.25) is 4.79 Å². The van der Waals surface area contributed by atoms with E-state index in [1.54, 1.807) is 17.0 Å². The first-order valence-electron chi connectivity index (χ1n) is 10.8. The predicted octanol–water partition coefficient (Wildman–Crippen LogP) is 5.05. The van der Waals surface area contributed by atoms with Crippen LogP contribution in [-0.2, 0) is 0 Å². The Labute approximate surface area is 212 Å². The van der Waals surface area contributed by atoms with E-state index in [0.717, 1.165) is 21.5 Å². The van der Waals surface area contributed by atoms with Gasteiger partial charge in [-0.25, -0.2) is 4.79 Å². The highest BCUT2D eigenvalue weighted by molar-refractivity contribution is 9.11. The van der Waals surface area contributed by atoms with Crippen LogP contribution in [0.4, 0.5) is 5.82 Å². The van der Waals surface area contributed by atoms with Gasteiger partial charge in [0.05, 0.1) is 10.2 Å². The second kappa shape index (κ2) is 9.31. The minimum Gasteiger partial charge on any atom is -0.421 e. The zero-order valence-corrected chi connectivity index (χ0v) is 21.5. The van der Waals surface area contributed by atoms with Crippen molar-refractivity contribution in [2.24, 2.45) is 0 Å². The lowest BCUT2D eigenvalue weighted by atomic mass is 10.1. The molecule has 3 heterocycles. The van der Waals surface area contributed by atoms with Gasteiger partial charge in [0.25, 0.3) is 5.91 Å². The quantitative estimate of drug-likeness (QED) is 0.314. The molecule has 0 atom stereocenters. The Kier molecular flexibility index (Phi) is 6.22. The number of hydrogen-bond acceptors (Lipinski definition) is 6. The smallest absolute Gasteiger partial charge is 0.349 e. The monoisotopic (exact) mass is 582 g/mol. The van der Waals surface area contributed by atoms with Crippen LogP contribution in [-0.4, -0.2) is 47.2 Å². The van der Waals surface area contributed by atoms with E-state index >= 15 is 0 Å². The molecular weight excluding hydrogens is 564 g/mol. The number of amides is 1. The number of carbonyl (C=O) groups is 1. The second-order valence-electron chi connectivity index (χ2n) is 8.18. The van der Waals surface area contributed by atoms with Gasteiger partial charge in [0.1, 0.15) is 5.56 Å². The standard InChI is InChI=1S/C25H20Br2N4O3/c1-15-2-4-16(5-3-15)21-6-7-22(29-28-21)30-8-10-31(11-9-30)24(32)19-13-17-12-18(26)14-20(27)23(17)34-25(19)33/h2-7,12-14H,8-11H2,1H3.